The highest BCUT2D eigenvalue weighted by Gasteiger charge is 2.36. The lowest BCUT2D eigenvalue weighted by Gasteiger charge is -2.36. The first-order valence-electron chi connectivity index (χ1n) is 12.1. The summed E-state index contributed by atoms with van der Waals surface area (Å²) in [7, 11) is 0. The fraction of sp³-hybridized carbons (Fsp3) is 0.393. The number of nitrogens with one attached hydrogen (secondary N) is 1. The molecule has 0 bridgehead atoms. The Kier molecular flexibility index (Phi) is 8.38. The molecule has 2 aromatic carbocycles. The van der Waals surface area contributed by atoms with Gasteiger partial charge in [-0.25, -0.2) is 4.39 Å². The molecule has 0 fully saturated rings. The number of hydrogen-bond donors (Lipinski definition) is 3. The molecular weight excluding hydrogens is 477 g/mol. The van der Waals surface area contributed by atoms with Crippen LogP contribution in [0.4, 0.5) is 4.39 Å². The van der Waals surface area contributed by atoms with Gasteiger partial charge in [0.25, 0.3) is 5.91 Å². The van der Waals surface area contributed by atoms with E-state index in [1.54, 1.807) is 13.0 Å². The van der Waals surface area contributed by atoms with Gasteiger partial charge in [-0.1, -0.05) is 57.2 Å². The van der Waals surface area contributed by atoms with Crippen molar-refractivity contribution in [2.75, 3.05) is 13.2 Å². The molecule has 3 aromatic rings. The van der Waals surface area contributed by atoms with Crippen LogP contribution in [0.15, 0.2) is 54.6 Å². The number of aromatic nitrogens is 2. The summed E-state index contributed by atoms with van der Waals surface area (Å²) in [5.74, 6) is -2.47. The van der Waals surface area contributed by atoms with E-state index in [-0.39, 0.29) is 36.8 Å². The van der Waals surface area contributed by atoms with Crippen LogP contribution in [0, 0.1) is 18.2 Å². The molecule has 0 aliphatic carbocycles. The molecule has 1 heterocycles. The maximum atomic E-state index is 14.6. The van der Waals surface area contributed by atoms with Gasteiger partial charge in [-0.15, -0.1) is 0 Å². The number of hydrogen-bond acceptors (Lipinski definition) is 5. The second-order valence-electron chi connectivity index (χ2n) is 10.4. The van der Waals surface area contributed by atoms with E-state index in [1.165, 1.54) is 28.9 Å². The lowest BCUT2D eigenvalue weighted by Crippen LogP contribution is -2.45. The number of benzene rings is 2. The third kappa shape index (κ3) is 6.74. The van der Waals surface area contributed by atoms with Crippen molar-refractivity contribution >= 4 is 11.9 Å². The Morgan fingerprint density at radius 1 is 1.11 bits per heavy atom. The molecule has 8 nitrogen and oxygen atoms in total. The lowest BCUT2D eigenvalue weighted by atomic mass is 9.78. The van der Waals surface area contributed by atoms with E-state index in [4.69, 9.17) is 4.74 Å². The molecule has 0 saturated carbocycles. The number of halogens is 1. The predicted octanol–water partition coefficient (Wildman–Crippen LogP) is 4.48. The minimum absolute atomic E-state index is 0.0347. The summed E-state index contributed by atoms with van der Waals surface area (Å²) in [4.78, 5) is 24.5. The third-order valence-electron chi connectivity index (χ3n) is 6.67. The van der Waals surface area contributed by atoms with Crippen molar-refractivity contribution in [3.8, 4) is 11.6 Å². The molecular formula is C28H34FN3O5. The number of rotatable bonds is 10. The Balaban J connectivity index is 1.87. The quantitative estimate of drug-likeness (QED) is 0.370. The van der Waals surface area contributed by atoms with Gasteiger partial charge in [0, 0.05) is 18.5 Å². The summed E-state index contributed by atoms with van der Waals surface area (Å²) in [5, 5.41) is 27.3. The second-order valence-corrected chi connectivity index (χ2v) is 10.4. The Hall–Kier alpha value is -3.72. The topological polar surface area (TPSA) is 114 Å². The summed E-state index contributed by atoms with van der Waals surface area (Å²) < 4.78 is 21.6. The maximum absolute atomic E-state index is 14.6. The number of aryl methyl sites for hydroxylation is 1. The number of carboxylic acids is 1. The number of carboxylic acid groups (broad SMARTS) is 1. The number of aliphatic hydroxyl groups is 1. The molecule has 1 aromatic heterocycles. The van der Waals surface area contributed by atoms with Gasteiger partial charge in [-0.3, -0.25) is 9.59 Å². The van der Waals surface area contributed by atoms with Crippen molar-refractivity contribution in [2.45, 2.75) is 52.6 Å². The number of aliphatic carboxylic acids is 1. The molecule has 3 N–H and O–H groups in total. The van der Waals surface area contributed by atoms with E-state index in [0.29, 0.717) is 0 Å². The van der Waals surface area contributed by atoms with E-state index in [0.717, 1.165) is 11.1 Å². The molecule has 0 aliphatic rings. The van der Waals surface area contributed by atoms with Crippen molar-refractivity contribution in [1.82, 2.24) is 15.1 Å². The highest BCUT2D eigenvalue weighted by Crippen LogP contribution is 2.31. The Bertz CT molecular complexity index is 1260. The summed E-state index contributed by atoms with van der Waals surface area (Å²) in [6.07, 6.45) is -0.162. The molecule has 1 unspecified atom stereocenters. The average Bonchev–Trinajstić information content (AvgIpc) is 3.24. The van der Waals surface area contributed by atoms with Gasteiger partial charge in [0.05, 0.1) is 6.42 Å². The number of nitrogens with zero attached hydrogens (tertiary/aromatic N) is 2. The largest absolute Gasteiger partial charge is 0.481 e. The third-order valence-corrected chi connectivity index (χ3v) is 6.67. The van der Waals surface area contributed by atoms with E-state index in [2.05, 4.69) is 10.4 Å². The summed E-state index contributed by atoms with van der Waals surface area (Å²) in [6.45, 7) is 9.07. The van der Waals surface area contributed by atoms with Crippen LogP contribution in [0.1, 0.15) is 61.6 Å². The van der Waals surface area contributed by atoms with E-state index >= 15 is 0 Å². The number of para-hydroxylation sites is 1. The van der Waals surface area contributed by atoms with Gasteiger partial charge < -0.3 is 20.3 Å². The zero-order valence-corrected chi connectivity index (χ0v) is 21.8. The van der Waals surface area contributed by atoms with E-state index in [1.807, 2.05) is 52.0 Å². The molecule has 198 valence electrons. The van der Waals surface area contributed by atoms with E-state index in [9.17, 15) is 24.2 Å². The first-order chi connectivity index (χ1) is 17.3. The molecule has 3 rings (SSSR count). The van der Waals surface area contributed by atoms with Crippen molar-refractivity contribution in [2.24, 2.45) is 5.41 Å². The van der Waals surface area contributed by atoms with Gasteiger partial charge in [-0.2, -0.15) is 9.78 Å². The Morgan fingerprint density at radius 2 is 1.76 bits per heavy atom. The highest BCUT2D eigenvalue weighted by atomic mass is 19.1. The van der Waals surface area contributed by atoms with Crippen LogP contribution >= 0.6 is 0 Å². The maximum Gasteiger partial charge on any atom is 0.304 e. The van der Waals surface area contributed by atoms with Crippen LogP contribution in [0.2, 0.25) is 0 Å². The second kappa shape index (κ2) is 11.1. The van der Waals surface area contributed by atoms with Gasteiger partial charge in [0.1, 0.15) is 23.7 Å². The zero-order chi connectivity index (χ0) is 27.4. The van der Waals surface area contributed by atoms with Gasteiger partial charge in [-0.05, 0) is 42.5 Å². The Morgan fingerprint density at radius 3 is 2.38 bits per heavy atom. The van der Waals surface area contributed by atoms with Crippen LogP contribution < -0.4 is 10.1 Å². The fourth-order valence-electron chi connectivity index (χ4n) is 3.66. The molecule has 1 amide bonds. The first-order valence-corrected chi connectivity index (χ1v) is 12.1. The molecule has 0 spiro atoms. The Labute approximate surface area is 216 Å². The number of carbonyl (C=O) groups excluding carboxylic acids is 1. The lowest BCUT2D eigenvalue weighted by molar-refractivity contribution is -0.137. The van der Waals surface area contributed by atoms with Crippen molar-refractivity contribution in [3.05, 3.63) is 77.2 Å². The SMILES string of the molecule is Cc1ccccc1C(CNC(=O)c1cc(OC[C@@](C)(O)C(C)(C)C)n(-c2ccccc2F)n1)CC(=O)O. The van der Waals surface area contributed by atoms with Gasteiger partial charge in [0.2, 0.25) is 5.88 Å². The smallest absolute Gasteiger partial charge is 0.304 e. The summed E-state index contributed by atoms with van der Waals surface area (Å²) in [6, 6.07) is 14.7. The number of amides is 1. The minimum Gasteiger partial charge on any atom is -0.481 e. The average molecular weight is 512 g/mol. The molecule has 37 heavy (non-hydrogen) atoms. The predicted molar refractivity (Wildman–Crippen MR) is 138 cm³/mol. The number of ether oxygens (including phenoxy) is 1. The summed E-state index contributed by atoms with van der Waals surface area (Å²) in [5.41, 5.74) is 0.0642. The molecule has 0 radical (unpaired) electrons. The monoisotopic (exact) mass is 511 g/mol. The fourth-order valence-corrected chi connectivity index (χ4v) is 3.66. The van der Waals surface area contributed by atoms with Crippen LogP contribution in [-0.2, 0) is 4.79 Å². The first kappa shape index (κ1) is 27.9. The van der Waals surface area contributed by atoms with Crippen LogP contribution in [0.3, 0.4) is 0 Å². The molecule has 2 atom stereocenters. The molecule has 0 saturated heterocycles. The normalized spacial score (nSPS) is 14.0. The van der Waals surface area contributed by atoms with Crippen LogP contribution in [0.5, 0.6) is 5.88 Å². The van der Waals surface area contributed by atoms with E-state index < -0.39 is 34.6 Å². The van der Waals surface area contributed by atoms with Crippen LogP contribution in [-0.4, -0.2) is 50.6 Å². The van der Waals surface area contributed by atoms with Crippen molar-refractivity contribution < 1.29 is 28.9 Å². The van der Waals surface area contributed by atoms with Crippen molar-refractivity contribution in [1.29, 1.82) is 0 Å². The van der Waals surface area contributed by atoms with Gasteiger partial charge >= 0.3 is 5.97 Å². The molecule has 9 heteroatoms. The molecule has 0 aliphatic heterocycles. The summed E-state index contributed by atoms with van der Waals surface area (Å²) >= 11 is 0. The number of carbonyl (C=O) groups is 2. The standard InChI is InChI=1S/C28H34FN3O5/c1-18-10-6-7-11-20(18)19(14-25(33)34)16-30-26(35)22-15-24(37-17-28(5,36)27(2,3)4)32(31-22)23-13-9-8-12-21(23)29/h6-13,15,19,36H,14,16-17H2,1-5H3,(H,30,35)(H,33,34)/t19?,28-/m1/s1. The van der Waals surface area contributed by atoms with Crippen LogP contribution in [0.25, 0.3) is 5.69 Å². The van der Waals surface area contributed by atoms with Gasteiger partial charge in [0.15, 0.2) is 5.69 Å². The minimum atomic E-state index is -1.22. The van der Waals surface area contributed by atoms with Crippen molar-refractivity contribution in [3.63, 3.8) is 0 Å². The highest BCUT2D eigenvalue weighted by molar-refractivity contribution is 5.92. The zero-order valence-electron chi connectivity index (χ0n) is 21.8.